The summed E-state index contributed by atoms with van der Waals surface area (Å²) >= 11 is 0. The van der Waals surface area contributed by atoms with Crippen molar-refractivity contribution in [3.05, 3.63) is 0 Å². The first-order valence-electron chi connectivity index (χ1n) is 6.74. The molecule has 0 bridgehead atoms. The maximum atomic E-state index is 12.1. The molecule has 106 valence electrons. The third kappa shape index (κ3) is 3.24. The predicted octanol–water partition coefficient (Wildman–Crippen LogP) is 0.224. The lowest BCUT2D eigenvalue weighted by Gasteiger charge is -2.28. The van der Waals surface area contributed by atoms with Gasteiger partial charge in [-0.05, 0) is 25.7 Å². The topological polar surface area (TPSA) is 86.7 Å². The molecule has 0 aromatic carbocycles. The van der Waals surface area contributed by atoms with Crippen molar-refractivity contribution in [1.29, 1.82) is 0 Å². The van der Waals surface area contributed by atoms with E-state index in [1.54, 1.807) is 11.9 Å². The molecule has 3 atom stereocenters. The number of hydrogen-bond donors (Lipinski definition) is 2. The maximum absolute atomic E-state index is 12.1. The lowest BCUT2D eigenvalue weighted by Crippen LogP contribution is -2.44. The molecular formula is C13H20N2O4. The summed E-state index contributed by atoms with van der Waals surface area (Å²) < 4.78 is 0. The fraction of sp³-hybridized carbons (Fsp3) is 0.769. The number of carbonyl (C=O) groups is 3. The van der Waals surface area contributed by atoms with E-state index in [9.17, 15) is 14.4 Å². The highest BCUT2D eigenvalue weighted by Crippen LogP contribution is 2.26. The summed E-state index contributed by atoms with van der Waals surface area (Å²) in [4.78, 5) is 36.1. The fourth-order valence-electron chi connectivity index (χ4n) is 2.82. The third-order valence-corrected chi connectivity index (χ3v) is 4.16. The molecule has 6 nitrogen and oxygen atoms in total. The Bertz CT molecular complexity index is 396. The van der Waals surface area contributed by atoms with Crippen LogP contribution < -0.4 is 5.32 Å². The molecule has 1 heterocycles. The number of carboxylic acid groups (broad SMARTS) is 1. The minimum Gasteiger partial charge on any atom is -0.481 e. The highest BCUT2D eigenvalue weighted by atomic mass is 16.4. The van der Waals surface area contributed by atoms with Gasteiger partial charge in [-0.15, -0.1) is 0 Å². The Morgan fingerprint density at radius 2 is 2.00 bits per heavy atom. The van der Waals surface area contributed by atoms with Crippen molar-refractivity contribution >= 4 is 17.8 Å². The van der Waals surface area contributed by atoms with Crippen LogP contribution in [0.15, 0.2) is 0 Å². The molecule has 2 fully saturated rings. The van der Waals surface area contributed by atoms with Crippen molar-refractivity contribution in [2.24, 2.45) is 11.8 Å². The van der Waals surface area contributed by atoms with Gasteiger partial charge in [0.2, 0.25) is 11.8 Å². The zero-order chi connectivity index (χ0) is 14.0. The second kappa shape index (κ2) is 5.59. The minimum absolute atomic E-state index is 0.00114. The van der Waals surface area contributed by atoms with Crippen LogP contribution in [-0.4, -0.2) is 47.4 Å². The Morgan fingerprint density at radius 1 is 1.26 bits per heavy atom. The Labute approximate surface area is 112 Å². The van der Waals surface area contributed by atoms with Gasteiger partial charge in [-0.25, -0.2) is 0 Å². The van der Waals surface area contributed by atoms with Crippen LogP contribution in [0.1, 0.15) is 32.1 Å². The number of aliphatic carboxylic acids is 1. The molecule has 19 heavy (non-hydrogen) atoms. The highest BCUT2D eigenvalue weighted by Gasteiger charge is 2.33. The summed E-state index contributed by atoms with van der Waals surface area (Å²) in [5.41, 5.74) is 0. The number of nitrogens with zero attached hydrogens (tertiary/aromatic N) is 1. The number of likely N-dealkylation sites (tertiary alicyclic amines) is 1. The largest absolute Gasteiger partial charge is 0.481 e. The number of rotatable bonds is 3. The van der Waals surface area contributed by atoms with Crippen LogP contribution in [-0.2, 0) is 14.4 Å². The lowest BCUT2D eigenvalue weighted by atomic mass is 9.95. The normalized spacial score (nSPS) is 31.3. The van der Waals surface area contributed by atoms with E-state index in [1.807, 2.05) is 0 Å². The van der Waals surface area contributed by atoms with Crippen LogP contribution in [0.5, 0.6) is 0 Å². The van der Waals surface area contributed by atoms with E-state index in [4.69, 9.17) is 5.11 Å². The first-order valence-corrected chi connectivity index (χ1v) is 6.74. The molecule has 0 aromatic heterocycles. The molecule has 0 aromatic rings. The molecular weight excluding hydrogens is 248 g/mol. The number of piperidine rings is 1. The molecule has 1 unspecified atom stereocenters. The Kier molecular flexibility index (Phi) is 4.07. The van der Waals surface area contributed by atoms with Gasteiger partial charge in [-0.2, -0.15) is 0 Å². The van der Waals surface area contributed by atoms with Crippen LogP contribution in [0.3, 0.4) is 0 Å². The second-order valence-electron chi connectivity index (χ2n) is 5.56. The van der Waals surface area contributed by atoms with Crippen molar-refractivity contribution in [2.45, 2.75) is 38.1 Å². The van der Waals surface area contributed by atoms with E-state index in [1.165, 1.54) is 0 Å². The van der Waals surface area contributed by atoms with Crippen molar-refractivity contribution in [1.82, 2.24) is 10.2 Å². The summed E-state index contributed by atoms with van der Waals surface area (Å²) in [6.07, 6.45) is 2.78. The average molecular weight is 268 g/mol. The van der Waals surface area contributed by atoms with E-state index in [0.29, 0.717) is 32.2 Å². The summed E-state index contributed by atoms with van der Waals surface area (Å²) in [6, 6.07) is -0.0524. The standard InChI is InChI=1S/C13H20N2O4/c1-15-5-4-8(7-11(15)16)12(17)14-10-3-2-9(6-10)13(18)19/h8-10H,2-7H2,1H3,(H,14,17)(H,18,19)/t8?,9-,10+/m1/s1. The van der Waals surface area contributed by atoms with Gasteiger partial charge in [0, 0.05) is 32.0 Å². The van der Waals surface area contributed by atoms with Gasteiger partial charge in [0.15, 0.2) is 0 Å². The summed E-state index contributed by atoms with van der Waals surface area (Å²) in [7, 11) is 1.74. The average Bonchev–Trinajstić information content (AvgIpc) is 2.81. The van der Waals surface area contributed by atoms with Gasteiger partial charge in [-0.3, -0.25) is 14.4 Å². The van der Waals surface area contributed by atoms with Gasteiger partial charge in [0.05, 0.1) is 5.92 Å². The third-order valence-electron chi connectivity index (χ3n) is 4.16. The minimum atomic E-state index is -0.786. The summed E-state index contributed by atoms with van der Waals surface area (Å²) in [5.74, 6) is -1.48. The molecule has 0 spiro atoms. The first kappa shape index (κ1) is 13.8. The molecule has 1 aliphatic carbocycles. The fourth-order valence-corrected chi connectivity index (χ4v) is 2.82. The number of carboxylic acids is 1. The van der Waals surface area contributed by atoms with Gasteiger partial charge in [0.25, 0.3) is 0 Å². The quantitative estimate of drug-likeness (QED) is 0.767. The molecule has 1 saturated heterocycles. The van der Waals surface area contributed by atoms with E-state index in [0.717, 1.165) is 0 Å². The smallest absolute Gasteiger partial charge is 0.306 e. The van der Waals surface area contributed by atoms with Gasteiger partial charge >= 0.3 is 5.97 Å². The van der Waals surface area contributed by atoms with Crippen LogP contribution in [0.2, 0.25) is 0 Å². The van der Waals surface area contributed by atoms with Crippen molar-refractivity contribution in [3.8, 4) is 0 Å². The van der Waals surface area contributed by atoms with Gasteiger partial charge < -0.3 is 15.3 Å². The van der Waals surface area contributed by atoms with Crippen LogP contribution >= 0.6 is 0 Å². The predicted molar refractivity (Wildman–Crippen MR) is 67.3 cm³/mol. The van der Waals surface area contributed by atoms with E-state index < -0.39 is 5.97 Å². The number of hydrogen-bond acceptors (Lipinski definition) is 3. The number of nitrogens with one attached hydrogen (secondary N) is 1. The Hall–Kier alpha value is -1.59. The highest BCUT2D eigenvalue weighted by molar-refractivity contribution is 5.87. The van der Waals surface area contributed by atoms with E-state index in [2.05, 4.69) is 5.32 Å². The maximum Gasteiger partial charge on any atom is 0.306 e. The molecule has 1 aliphatic heterocycles. The van der Waals surface area contributed by atoms with Crippen molar-refractivity contribution in [3.63, 3.8) is 0 Å². The van der Waals surface area contributed by atoms with Crippen LogP contribution in [0, 0.1) is 11.8 Å². The summed E-state index contributed by atoms with van der Waals surface area (Å²) in [5, 5.41) is 11.8. The zero-order valence-electron chi connectivity index (χ0n) is 11.1. The van der Waals surface area contributed by atoms with Crippen molar-refractivity contribution in [2.75, 3.05) is 13.6 Å². The molecule has 2 rings (SSSR count). The second-order valence-corrected chi connectivity index (χ2v) is 5.56. The van der Waals surface area contributed by atoms with Gasteiger partial charge in [-0.1, -0.05) is 0 Å². The van der Waals surface area contributed by atoms with Crippen LogP contribution in [0.4, 0.5) is 0 Å². The molecule has 6 heteroatoms. The summed E-state index contributed by atoms with van der Waals surface area (Å²) in [6.45, 7) is 0.610. The number of carbonyl (C=O) groups excluding carboxylic acids is 2. The van der Waals surface area contributed by atoms with E-state index in [-0.39, 0.29) is 36.1 Å². The first-order chi connectivity index (χ1) is 8.97. The zero-order valence-corrected chi connectivity index (χ0v) is 11.1. The molecule has 0 radical (unpaired) electrons. The van der Waals surface area contributed by atoms with Crippen LogP contribution in [0.25, 0.3) is 0 Å². The monoisotopic (exact) mass is 268 g/mol. The molecule has 2 N–H and O–H groups in total. The SMILES string of the molecule is CN1CCC(C(=O)N[C@H]2CC[C@@H](C(=O)O)C2)CC1=O. The molecule has 1 saturated carbocycles. The van der Waals surface area contributed by atoms with Gasteiger partial charge in [0.1, 0.15) is 0 Å². The van der Waals surface area contributed by atoms with Crippen molar-refractivity contribution < 1.29 is 19.5 Å². The Morgan fingerprint density at radius 3 is 2.58 bits per heavy atom. The van der Waals surface area contributed by atoms with E-state index >= 15 is 0 Å². The lowest BCUT2D eigenvalue weighted by molar-refractivity contribution is -0.141. The molecule has 2 amide bonds. The number of amides is 2. The Balaban J connectivity index is 1.82. The molecule has 2 aliphatic rings.